The van der Waals surface area contributed by atoms with E-state index in [9.17, 15) is 9.18 Å². The van der Waals surface area contributed by atoms with Crippen molar-refractivity contribution in [3.63, 3.8) is 0 Å². The number of nitriles is 1. The van der Waals surface area contributed by atoms with Crippen molar-refractivity contribution < 1.29 is 9.18 Å². The van der Waals surface area contributed by atoms with Gasteiger partial charge in [-0.15, -0.1) is 0 Å². The molecule has 2 rings (SSSR count). The fraction of sp³-hybridized carbons (Fsp3) is 0. The van der Waals surface area contributed by atoms with Crippen LogP contribution < -0.4 is 5.32 Å². The first-order valence-corrected chi connectivity index (χ1v) is 7.06. The Morgan fingerprint density at radius 3 is 2.45 bits per heavy atom. The molecule has 0 fully saturated rings. The van der Waals surface area contributed by atoms with E-state index in [1.54, 1.807) is 24.3 Å². The molecular formula is C14H7Br2FN2O. The summed E-state index contributed by atoms with van der Waals surface area (Å²) in [6, 6.07) is 11.0. The molecule has 0 saturated heterocycles. The van der Waals surface area contributed by atoms with E-state index in [2.05, 4.69) is 37.2 Å². The third-order valence-electron chi connectivity index (χ3n) is 2.53. The summed E-state index contributed by atoms with van der Waals surface area (Å²) >= 11 is 6.38. The van der Waals surface area contributed by atoms with Gasteiger partial charge in [-0.05, 0) is 36.4 Å². The first-order chi connectivity index (χ1) is 9.51. The summed E-state index contributed by atoms with van der Waals surface area (Å²) in [6.07, 6.45) is 0. The van der Waals surface area contributed by atoms with Crippen molar-refractivity contribution >= 4 is 43.5 Å². The monoisotopic (exact) mass is 396 g/mol. The molecule has 20 heavy (non-hydrogen) atoms. The molecule has 0 heterocycles. The lowest BCUT2D eigenvalue weighted by Crippen LogP contribution is -2.14. The summed E-state index contributed by atoms with van der Waals surface area (Å²) in [4.78, 5) is 12.0. The number of nitrogens with zero attached hydrogens (tertiary/aromatic N) is 1. The van der Waals surface area contributed by atoms with Crippen LogP contribution in [0, 0.1) is 17.1 Å². The molecule has 1 N–H and O–H groups in total. The van der Waals surface area contributed by atoms with E-state index >= 15 is 0 Å². The average Bonchev–Trinajstić information content (AvgIpc) is 2.38. The molecule has 6 heteroatoms. The minimum Gasteiger partial charge on any atom is -0.321 e. The lowest BCUT2D eigenvalue weighted by molar-refractivity contribution is 0.102. The number of hydrogen-bond acceptors (Lipinski definition) is 2. The van der Waals surface area contributed by atoms with Gasteiger partial charge in [0, 0.05) is 8.95 Å². The van der Waals surface area contributed by atoms with Gasteiger partial charge in [0.25, 0.3) is 5.91 Å². The van der Waals surface area contributed by atoms with Crippen LogP contribution in [0.3, 0.4) is 0 Å². The molecule has 0 spiro atoms. The summed E-state index contributed by atoms with van der Waals surface area (Å²) in [5.74, 6) is -1.24. The Morgan fingerprint density at radius 1 is 1.15 bits per heavy atom. The van der Waals surface area contributed by atoms with Crippen molar-refractivity contribution in [1.82, 2.24) is 0 Å². The van der Waals surface area contributed by atoms with Crippen LogP contribution in [0.1, 0.15) is 15.9 Å². The molecule has 0 radical (unpaired) electrons. The van der Waals surface area contributed by atoms with E-state index in [0.29, 0.717) is 20.2 Å². The van der Waals surface area contributed by atoms with Gasteiger partial charge in [-0.3, -0.25) is 4.79 Å². The Hall–Kier alpha value is -1.71. The topological polar surface area (TPSA) is 52.9 Å². The second-order valence-corrected chi connectivity index (χ2v) is 5.71. The van der Waals surface area contributed by atoms with Crippen molar-refractivity contribution in [3.05, 3.63) is 62.3 Å². The number of halogens is 3. The van der Waals surface area contributed by atoms with Crippen LogP contribution in [-0.4, -0.2) is 5.91 Å². The van der Waals surface area contributed by atoms with Crippen molar-refractivity contribution in [2.24, 2.45) is 0 Å². The Morgan fingerprint density at radius 2 is 1.80 bits per heavy atom. The van der Waals surface area contributed by atoms with E-state index in [4.69, 9.17) is 5.26 Å². The number of anilines is 1. The fourth-order valence-electron chi connectivity index (χ4n) is 1.58. The maximum atomic E-state index is 13.7. The Bertz CT molecular complexity index is 726. The van der Waals surface area contributed by atoms with Gasteiger partial charge in [0.1, 0.15) is 11.9 Å². The van der Waals surface area contributed by atoms with Gasteiger partial charge in [-0.25, -0.2) is 4.39 Å². The molecule has 0 saturated carbocycles. The van der Waals surface area contributed by atoms with E-state index in [1.165, 1.54) is 12.1 Å². The Balaban J connectivity index is 2.33. The highest BCUT2D eigenvalue weighted by Gasteiger charge is 2.14. The summed E-state index contributed by atoms with van der Waals surface area (Å²) in [6.45, 7) is 0. The van der Waals surface area contributed by atoms with Gasteiger partial charge < -0.3 is 5.32 Å². The predicted molar refractivity (Wildman–Crippen MR) is 80.9 cm³/mol. The van der Waals surface area contributed by atoms with Crippen LogP contribution in [0.15, 0.2) is 45.3 Å². The SMILES string of the molecule is N#Cc1ccc(Br)cc1NC(=O)c1ccc(Br)cc1F. The third-order valence-corrected chi connectivity index (χ3v) is 3.51. The van der Waals surface area contributed by atoms with Gasteiger partial charge in [-0.1, -0.05) is 31.9 Å². The highest BCUT2D eigenvalue weighted by Crippen LogP contribution is 2.22. The smallest absolute Gasteiger partial charge is 0.258 e. The zero-order chi connectivity index (χ0) is 14.7. The fourth-order valence-corrected chi connectivity index (χ4v) is 2.27. The maximum absolute atomic E-state index is 13.7. The largest absolute Gasteiger partial charge is 0.321 e. The lowest BCUT2D eigenvalue weighted by Gasteiger charge is -2.08. The van der Waals surface area contributed by atoms with Crippen LogP contribution in [0.2, 0.25) is 0 Å². The molecule has 2 aromatic carbocycles. The maximum Gasteiger partial charge on any atom is 0.258 e. The molecule has 0 aliphatic rings. The molecule has 3 nitrogen and oxygen atoms in total. The average molecular weight is 398 g/mol. The highest BCUT2D eigenvalue weighted by molar-refractivity contribution is 9.10. The van der Waals surface area contributed by atoms with Gasteiger partial charge >= 0.3 is 0 Å². The zero-order valence-corrected chi connectivity index (χ0v) is 13.1. The summed E-state index contributed by atoms with van der Waals surface area (Å²) in [7, 11) is 0. The van der Waals surface area contributed by atoms with Gasteiger partial charge in [0.2, 0.25) is 0 Å². The number of rotatable bonds is 2. The molecule has 0 bridgehead atoms. The standard InChI is InChI=1S/C14H7Br2FN2O/c15-9-3-4-11(12(17)5-9)14(20)19-13-6-10(16)2-1-8(13)7-18/h1-6H,(H,19,20). The Labute approximate surface area is 131 Å². The first kappa shape index (κ1) is 14.7. The van der Waals surface area contributed by atoms with E-state index in [-0.39, 0.29) is 5.56 Å². The molecule has 0 atom stereocenters. The molecule has 0 unspecified atom stereocenters. The van der Waals surface area contributed by atoms with E-state index in [1.807, 2.05) is 6.07 Å². The van der Waals surface area contributed by atoms with Gasteiger partial charge in [-0.2, -0.15) is 5.26 Å². The lowest BCUT2D eigenvalue weighted by atomic mass is 10.1. The molecule has 1 amide bonds. The molecule has 2 aromatic rings. The van der Waals surface area contributed by atoms with E-state index in [0.717, 1.165) is 0 Å². The van der Waals surface area contributed by atoms with Crippen LogP contribution >= 0.6 is 31.9 Å². The van der Waals surface area contributed by atoms with Gasteiger partial charge in [0.15, 0.2) is 0 Å². The predicted octanol–water partition coefficient (Wildman–Crippen LogP) is 4.47. The van der Waals surface area contributed by atoms with Crippen molar-refractivity contribution in [2.75, 3.05) is 5.32 Å². The number of amides is 1. The molecule has 0 aromatic heterocycles. The van der Waals surface area contributed by atoms with Crippen LogP contribution in [0.5, 0.6) is 0 Å². The van der Waals surface area contributed by atoms with Crippen molar-refractivity contribution in [2.45, 2.75) is 0 Å². The van der Waals surface area contributed by atoms with Crippen molar-refractivity contribution in [3.8, 4) is 6.07 Å². The molecule has 100 valence electrons. The number of hydrogen-bond donors (Lipinski definition) is 1. The highest BCUT2D eigenvalue weighted by atomic mass is 79.9. The van der Waals surface area contributed by atoms with Crippen molar-refractivity contribution in [1.29, 1.82) is 5.26 Å². The number of carbonyl (C=O) groups is 1. The number of benzene rings is 2. The summed E-state index contributed by atoms with van der Waals surface area (Å²) < 4.78 is 15.0. The zero-order valence-electron chi connectivity index (χ0n) is 9.95. The van der Waals surface area contributed by atoms with Crippen LogP contribution in [-0.2, 0) is 0 Å². The number of carbonyl (C=O) groups excluding carboxylic acids is 1. The third kappa shape index (κ3) is 3.24. The number of nitrogens with one attached hydrogen (secondary N) is 1. The minimum atomic E-state index is -0.634. The van der Waals surface area contributed by atoms with Gasteiger partial charge in [0.05, 0.1) is 16.8 Å². The van der Waals surface area contributed by atoms with Crippen LogP contribution in [0.4, 0.5) is 10.1 Å². The van der Waals surface area contributed by atoms with Crippen LogP contribution in [0.25, 0.3) is 0 Å². The second kappa shape index (κ2) is 6.16. The quantitative estimate of drug-likeness (QED) is 0.812. The molecular weight excluding hydrogens is 391 g/mol. The molecule has 0 aliphatic heterocycles. The first-order valence-electron chi connectivity index (χ1n) is 5.47. The molecule has 0 aliphatic carbocycles. The summed E-state index contributed by atoms with van der Waals surface area (Å²) in [5.41, 5.74) is 0.547. The minimum absolute atomic E-state index is 0.0861. The Kier molecular flexibility index (Phi) is 4.53. The second-order valence-electron chi connectivity index (χ2n) is 3.88. The van der Waals surface area contributed by atoms with E-state index < -0.39 is 11.7 Å². The summed E-state index contributed by atoms with van der Waals surface area (Å²) in [5, 5.41) is 11.5. The normalized spacial score (nSPS) is 9.90.